The number of nitrogens with one attached hydrogen (secondary N) is 1. The summed E-state index contributed by atoms with van der Waals surface area (Å²) in [4.78, 5) is 33.4. The molecule has 1 aromatic carbocycles. The van der Waals surface area contributed by atoms with E-state index in [9.17, 15) is 22.8 Å². The SMILES string of the molecule is CC(C)(C)OC(=O)NCC1(c2cccc(Cl)c2)CCC(n2nc(N)ccc2=O)CC1.O=C(O)C(F)(F)F. The van der Waals surface area contributed by atoms with Crippen LogP contribution in [0, 0.1) is 0 Å². The van der Waals surface area contributed by atoms with E-state index in [4.69, 9.17) is 32.0 Å². The van der Waals surface area contributed by atoms with E-state index in [0.717, 1.165) is 31.2 Å². The van der Waals surface area contributed by atoms with Crippen molar-refractivity contribution >= 4 is 29.5 Å². The summed E-state index contributed by atoms with van der Waals surface area (Å²) >= 11 is 6.26. The molecule has 1 heterocycles. The number of nitrogen functional groups attached to an aromatic ring is 1. The number of carboxylic acid groups (broad SMARTS) is 1. The number of carbonyl (C=O) groups excluding carboxylic acids is 1. The molecular formula is C24H30ClF3N4O5. The average molecular weight is 547 g/mol. The van der Waals surface area contributed by atoms with Gasteiger partial charge in [-0.05, 0) is 70.2 Å². The van der Waals surface area contributed by atoms with Crippen LogP contribution in [0.2, 0.25) is 5.02 Å². The number of nitrogens with zero attached hydrogens (tertiary/aromatic N) is 2. The van der Waals surface area contributed by atoms with Gasteiger partial charge in [0, 0.05) is 23.0 Å². The van der Waals surface area contributed by atoms with Gasteiger partial charge in [-0.25, -0.2) is 14.3 Å². The largest absolute Gasteiger partial charge is 0.490 e. The van der Waals surface area contributed by atoms with Crippen LogP contribution < -0.4 is 16.6 Å². The summed E-state index contributed by atoms with van der Waals surface area (Å²) in [6, 6.07) is 10.7. The second-order valence-corrected chi connectivity index (χ2v) is 10.2. The Balaban J connectivity index is 0.000000604. The average Bonchev–Trinajstić information content (AvgIpc) is 2.78. The maximum Gasteiger partial charge on any atom is 0.490 e. The van der Waals surface area contributed by atoms with Gasteiger partial charge in [-0.2, -0.15) is 18.3 Å². The zero-order valence-electron chi connectivity index (χ0n) is 20.6. The Hall–Kier alpha value is -3.28. The van der Waals surface area contributed by atoms with Crippen LogP contribution in [0.3, 0.4) is 0 Å². The van der Waals surface area contributed by atoms with Gasteiger partial charge in [0.25, 0.3) is 5.56 Å². The van der Waals surface area contributed by atoms with Crippen molar-refractivity contribution in [3.63, 3.8) is 0 Å². The fraction of sp³-hybridized carbons (Fsp3) is 0.500. The molecule has 1 saturated carbocycles. The van der Waals surface area contributed by atoms with Crippen LogP contribution in [0.1, 0.15) is 58.1 Å². The molecule has 37 heavy (non-hydrogen) atoms. The number of ether oxygens (including phenoxy) is 1. The van der Waals surface area contributed by atoms with Crippen LogP contribution in [0.5, 0.6) is 0 Å². The Bertz CT molecular complexity index is 1160. The Morgan fingerprint density at radius 2 is 1.81 bits per heavy atom. The number of amides is 1. The van der Waals surface area contributed by atoms with Gasteiger partial charge in [-0.1, -0.05) is 23.7 Å². The molecule has 3 rings (SSSR count). The second-order valence-electron chi connectivity index (χ2n) is 9.72. The maximum absolute atomic E-state index is 12.3. The predicted octanol–water partition coefficient (Wildman–Crippen LogP) is 4.69. The molecule has 0 unspecified atom stereocenters. The smallest absolute Gasteiger partial charge is 0.475 e. The van der Waals surface area contributed by atoms with Crippen molar-refractivity contribution in [1.29, 1.82) is 0 Å². The normalized spacial score (nSPS) is 19.8. The molecule has 13 heteroatoms. The van der Waals surface area contributed by atoms with Crippen LogP contribution in [0.25, 0.3) is 0 Å². The van der Waals surface area contributed by atoms with E-state index in [2.05, 4.69) is 10.4 Å². The van der Waals surface area contributed by atoms with E-state index < -0.39 is 23.8 Å². The van der Waals surface area contributed by atoms with Gasteiger partial charge in [0.2, 0.25) is 0 Å². The monoisotopic (exact) mass is 546 g/mol. The van der Waals surface area contributed by atoms with Crippen molar-refractivity contribution < 1.29 is 32.6 Å². The standard InChI is InChI=1S/C22H29ClN4O3.C2HF3O2/c1-21(2,3)30-20(29)25-14-22(15-5-4-6-16(23)13-15)11-9-17(10-12-22)27-19(28)8-7-18(24)26-27;3-2(4,5)1(6)7/h4-8,13,17H,9-12,14H2,1-3H3,(H2,24,26)(H,25,29);(H,6,7). The molecule has 0 atom stereocenters. The first-order valence-corrected chi connectivity index (χ1v) is 11.8. The number of carboxylic acids is 1. The van der Waals surface area contributed by atoms with Crippen LogP contribution in [0.15, 0.2) is 41.2 Å². The van der Waals surface area contributed by atoms with E-state index in [-0.39, 0.29) is 17.0 Å². The molecule has 1 aliphatic carbocycles. The summed E-state index contributed by atoms with van der Waals surface area (Å²) in [5.74, 6) is -2.43. The number of aliphatic carboxylic acids is 1. The predicted molar refractivity (Wildman–Crippen MR) is 131 cm³/mol. The highest BCUT2D eigenvalue weighted by Crippen LogP contribution is 2.43. The highest BCUT2D eigenvalue weighted by molar-refractivity contribution is 6.30. The molecule has 0 saturated heterocycles. The van der Waals surface area contributed by atoms with Gasteiger partial charge >= 0.3 is 18.2 Å². The van der Waals surface area contributed by atoms with Crippen molar-refractivity contribution in [1.82, 2.24) is 15.1 Å². The molecule has 1 aromatic heterocycles. The number of hydrogen-bond donors (Lipinski definition) is 3. The molecule has 0 spiro atoms. The van der Waals surface area contributed by atoms with Crippen LogP contribution >= 0.6 is 11.6 Å². The van der Waals surface area contributed by atoms with Gasteiger partial charge in [-0.3, -0.25) is 4.79 Å². The quantitative estimate of drug-likeness (QED) is 0.506. The lowest BCUT2D eigenvalue weighted by molar-refractivity contribution is -0.192. The lowest BCUT2D eigenvalue weighted by Gasteiger charge is -2.41. The third-order valence-electron chi connectivity index (χ3n) is 5.75. The fourth-order valence-electron chi connectivity index (χ4n) is 4.04. The summed E-state index contributed by atoms with van der Waals surface area (Å²) in [6.45, 7) is 5.93. The third kappa shape index (κ3) is 8.96. The number of alkyl halides is 3. The van der Waals surface area contributed by atoms with Gasteiger partial charge in [0.05, 0.1) is 6.04 Å². The van der Waals surface area contributed by atoms with E-state index in [1.807, 2.05) is 45.0 Å². The van der Waals surface area contributed by atoms with Gasteiger partial charge in [0.15, 0.2) is 0 Å². The number of aromatic nitrogens is 2. The Morgan fingerprint density at radius 3 is 2.32 bits per heavy atom. The number of carbonyl (C=O) groups is 2. The zero-order valence-corrected chi connectivity index (χ0v) is 21.4. The summed E-state index contributed by atoms with van der Waals surface area (Å²) in [6.07, 6.45) is -2.54. The van der Waals surface area contributed by atoms with Crippen molar-refractivity contribution in [3.05, 3.63) is 57.3 Å². The molecule has 1 fully saturated rings. The van der Waals surface area contributed by atoms with Gasteiger partial charge in [0.1, 0.15) is 11.4 Å². The zero-order chi connectivity index (χ0) is 28.0. The Morgan fingerprint density at radius 1 is 1.22 bits per heavy atom. The van der Waals surface area contributed by atoms with Crippen LogP contribution in [0.4, 0.5) is 23.8 Å². The van der Waals surface area contributed by atoms with E-state index in [0.29, 0.717) is 17.4 Å². The van der Waals surface area contributed by atoms with Crippen molar-refractivity contribution in [2.75, 3.05) is 12.3 Å². The molecular weight excluding hydrogens is 517 g/mol. The highest BCUT2D eigenvalue weighted by atomic mass is 35.5. The maximum atomic E-state index is 12.3. The lowest BCUT2D eigenvalue weighted by atomic mass is 9.68. The summed E-state index contributed by atoms with van der Waals surface area (Å²) < 4.78 is 38.6. The number of anilines is 1. The number of hydrogen-bond acceptors (Lipinski definition) is 6. The number of nitrogens with two attached hydrogens (primary N) is 1. The van der Waals surface area contributed by atoms with Gasteiger partial charge in [-0.15, -0.1) is 0 Å². The number of benzene rings is 1. The molecule has 204 valence electrons. The van der Waals surface area contributed by atoms with E-state index in [1.165, 1.54) is 16.8 Å². The number of rotatable bonds is 4. The molecule has 0 aliphatic heterocycles. The Kier molecular flexibility index (Phi) is 9.59. The van der Waals surface area contributed by atoms with Crippen LogP contribution in [-0.4, -0.2) is 45.3 Å². The first-order valence-electron chi connectivity index (χ1n) is 11.4. The lowest BCUT2D eigenvalue weighted by Crippen LogP contribution is -2.45. The van der Waals surface area contributed by atoms with Crippen molar-refractivity contribution in [2.24, 2.45) is 0 Å². The number of halogens is 4. The van der Waals surface area contributed by atoms with E-state index in [1.54, 1.807) is 0 Å². The topological polar surface area (TPSA) is 137 Å². The molecule has 1 amide bonds. The third-order valence-corrected chi connectivity index (χ3v) is 5.99. The second kappa shape index (κ2) is 11.8. The summed E-state index contributed by atoms with van der Waals surface area (Å²) in [5.41, 5.74) is 5.82. The number of alkyl carbamates (subject to hydrolysis) is 1. The highest BCUT2D eigenvalue weighted by Gasteiger charge is 2.39. The van der Waals surface area contributed by atoms with Gasteiger partial charge < -0.3 is 20.9 Å². The molecule has 1 aliphatic rings. The summed E-state index contributed by atoms with van der Waals surface area (Å²) in [7, 11) is 0. The molecule has 9 nitrogen and oxygen atoms in total. The van der Waals surface area contributed by atoms with Crippen molar-refractivity contribution in [2.45, 2.75) is 69.7 Å². The molecule has 4 N–H and O–H groups in total. The molecule has 2 aromatic rings. The van der Waals surface area contributed by atoms with Crippen molar-refractivity contribution in [3.8, 4) is 0 Å². The Labute approximate surface area is 216 Å². The minimum absolute atomic E-state index is 0.0326. The van der Waals surface area contributed by atoms with E-state index >= 15 is 0 Å². The molecule has 0 bridgehead atoms. The first-order chi connectivity index (χ1) is 17.0. The minimum Gasteiger partial charge on any atom is -0.475 e. The minimum atomic E-state index is -5.08. The molecule has 0 radical (unpaired) electrons. The first kappa shape index (κ1) is 29.9. The summed E-state index contributed by atoms with van der Waals surface area (Å²) in [5, 5.41) is 14.9. The van der Waals surface area contributed by atoms with Crippen LogP contribution in [-0.2, 0) is 14.9 Å². The fourth-order valence-corrected chi connectivity index (χ4v) is 4.23.